The van der Waals surface area contributed by atoms with Gasteiger partial charge in [-0.2, -0.15) is 13.2 Å². The Kier molecular flexibility index (Phi) is 8.36. The average molecular weight is 632 g/mol. The molecule has 1 aliphatic carbocycles. The van der Waals surface area contributed by atoms with Crippen molar-refractivity contribution in [1.82, 2.24) is 10.3 Å². The fraction of sp³-hybridized carbons (Fsp3) is 0.323. The molecule has 0 unspecified atom stereocenters. The molecule has 2 aromatic carbocycles. The summed E-state index contributed by atoms with van der Waals surface area (Å²) in [5, 5.41) is 2.13. The number of alkyl halides is 3. The zero-order chi connectivity index (χ0) is 31.8. The van der Waals surface area contributed by atoms with Gasteiger partial charge in [0.25, 0.3) is 5.91 Å². The summed E-state index contributed by atoms with van der Waals surface area (Å²) in [6, 6.07) is 9.11. The fourth-order valence-electron chi connectivity index (χ4n) is 4.53. The second-order valence-corrected chi connectivity index (χ2v) is 11.0. The molecule has 2 heterocycles. The number of aromatic nitrogens is 1. The number of pyridine rings is 1. The summed E-state index contributed by atoms with van der Waals surface area (Å²) in [5.74, 6) is 1.48. The minimum absolute atomic E-state index is 0.00122. The molecule has 44 heavy (non-hydrogen) atoms. The van der Waals surface area contributed by atoms with Crippen LogP contribution in [0.1, 0.15) is 58.6 Å². The van der Waals surface area contributed by atoms with E-state index in [1.165, 1.54) is 44.4 Å². The van der Waals surface area contributed by atoms with Gasteiger partial charge in [0.2, 0.25) is 5.91 Å². The molecule has 5 rings (SSSR count). The van der Waals surface area contributed by atoms with Gasteiger partial charge < -0.3 is 25.3 Å². The molecule has 0 saturated heterocycles. The first-order chi connectivity index (χ1) is 20.8. The number of nitrogens with zero attached hydrogens (tertiary/aromatic N) is 1. The Morgan fingerprint density at radius 3 is 2.57 bits per heavy atom. The number of benzene rings is 2. The summed E-state index contributed by atoms with van der Waals surface area (Å²) in [4.78, 5) is 29.5. The molecule has 0 bridgehead atoms. The predicted molar refractivity (Wildman–Crippen MR) is 151 cm³/mol. The topological polar surface area (TPSA) is 113 Å². The predicted octanol–water partition coefficient (Wildman–Crippen LogP) is 5.04. The van der Waals surface area contributed by atoms with Crippen LogP contribution in [0, 0.1) is 17.7 Å². The van der Waals surface area contributed by atoms with Gasteiger partial charge in [0, 0.05) is 23.2 Å². The highest BCUT2D eigenvalue weighted by atomic mass is 35.5. The van der Waals surface area contributed by atoms with E-state index < -0.39 is 47.4 Å². The number of primary amides is 1. The van der Waals surface area contributed by atoms with Gasteiger partial charge in [0.1, 0.15) is 23.8 Å². The molecule has 1 aromatic heterocycles. The van der Waals surface area contributed by atoms with E-state index in [-0.39, 0.29) is 51.6 Å². The van der Waals surface area contributed by atoms with Crippen LogP contribution in [0.2, 0.25) is 5.02 Å². The average Bonchev–Trinajstić information content (AvgIpc) is 3.73. The minimum Gasteiger partial charge on any atom is -0.493 e. The quantitative estimate of drug-likeness (QED) is 0.266. The van der Waals surface area contributed by atoms with Gasteiger partial charge in [-0.1, -0.05) is 17.5 Å². The highest BCUT2D eigenvalue weighted by Gasteiger charge is 2.47. The molecular weight excluding hydrogens is 606 g/mol. The van der Waals surface area contributed by atoms with Gasteiger partial charge >= 0.3 is 6.18 Å². The van der Waals surface area contributed by atoms with Crippen molar-refractivity contribution in [2.24, 2.45) is 5.73 Å². The number of nitrogens with one attached hydrogen (secondary N) is 1. The number of ether oxygens (including phenoxy) is 3. The Labute approximate surface area is 254 Å². The first-order valence-electron chi connectivity index (χ1n) is 13.4. The maximum Gasteiger partial charge on any atom is 0.398 e. The van der Waals surface area contributed by atoms with Crippen LogP contribution >= 0.6 is 11.6 Å². The summed E-state index contributed by atoms with van der Waals surface area (Å²) in [6.45, 7) is 0.317. The van der Waals surface area contributed by atoms with Gasteiger partial charge in [0.05, 0.1) is 23.9 Å². The van der Waals surface area contributed by atoms with Crippen molar-refractivity contribution in [2.45, 2.75) is 43.4 Å². The Balaban J connectivity index is 1.48. The maximum atomic E-state index is 14.5. The van der Waals surface area contributed by atoms with Crippen molar-refractivity contribution in [3.63, 3.8) is 0 Å². The standard InChI is InChI=1S/C31H26ClF4N3O5/c1-30(29(37)41)15-43-27-19(30)13-24(39-23(27)9-4-16-3-8-22(33)21(32)11-16)20(31(34,35)36)14-38-28(40)17-5-10-25(26(12-17)42-2)44-18-6-7-18/h3,5,8,10-13,18,20H,6-7,14-15H2,1-2H3,(H2,37,41)(H,38,40)/t20-,30+/m1/s1. The Bertz CT molecular complexity index is 1700. The van der Waals surface area contributed by atoms with Crippen LogP contribution < -0.4 is 25.3 Å². The van der Waals surface area contributed by atoms with E-state index >= 15 is 0 Å². The molecule has 8 nitrogen and oxygen atoms in total. The molecule has 2 aliphatic rings. The fourth-order valence-corrected chi connectivity index (χ4v) is 4.71. The SMILES string of the molecule is COc1cc(C(=O)NC[C@H](c2cc3c(c(C#Cc4ccc(F)c(Cl)c4)n2)OC[C@]3(C)C(N)=O)C(F)(F)F)ccc1OC1CC1. The number of nitrogens with two attached hydrogens (primary N) is 1. The monoisotopic (exact) mass is 631 g/mol. The van der Waals surface area contributed by atoms with Gasteiger partial charge in [-0.25, -0.2) is 9.37 Å². The molecule has 1 aliphatic heterocycles. The van der Waals surface area contributed by atoms with Crippen molar-refractivity contribution < 1.29 is 41.4 Å². The molecule has 0 radical (unpaired) electrons. The highest BCUT2D eigenvalue weighted by Crippen LogP contribution is 2.43. The molecule has 13 heteroatoms. The summed E-state index contributed by atoms with van der Waals surface area (Å²) in [6.07, 6.45) is -2.99. The Hall–Kier alpha value is -4.50. The van der Waals surface area contributed by atoms with Crippen molar-refractivity contribution in [3.8, 4) is 29.1 Å². The van der Waals surface area contributed by atoms with E-state index in [9.17, 15) is 27.2 Å². The number of amides is 2. The van der Waals surface area contributed by atoms with Crippen LogP contribution in [0.15, 0.2) is 42.5 Å². The molecule has 3 N–H and O–H groups in total. The van der Waals surface area contributed by atoms with Gasteiger partial charge in [-0.3, -0.25) is 9.59 Å². The third-order valence-electron chi connectivity index (χ3n) is 7.34. The summed E-state index contributed by atoms with van der Waals surface area (Å²) in [5.41, 5.74) is 3.83. The Morgan fingerprint density at radius 1 is 1.18 bits per heavy atom. The molecule has 230 valence electrons. The number of rotatable bonds is 8. The van der Waals surface area contributed by atoms with Gasteiger partial charge in [-0.15, -0.1) is 0 Å². The number of fused-ring (bicyclic) bond motifs is 1. The van der Waals surface area contributed by atoms with E-state index in [1.54, 1.807) is 0 Å². The van der Waals surface area contributed by atoms with Gasteiger partial charge in [0.15, 0.2) is 22.9 Å². The van der Waals surface area contributed by atoms with E-state index in [2.05, 4.69) is 22.1 Å². The van der Waals surface area contributed by atoms with Crippen LogP contribution in [0.4, 0.5) is 17.6 Å². The first-order valence-corrected chi connectivity index (χ1v) is 13.8. The van der Waals surface area contributed by atoms with E-state index in [1.807, 2.05) is 0 Å². The lowest BCUT2D eigenvalue weighted by molar-refractivity contribution is -0.149. The lowest BCUT2D eigenvalue weighted by Gasteiger charge is -2.23. The number of hydrogen-bond acceptors (Lipinski definition) is 6. The molecular formula is C31H26ClF4N3O5. The highest BCUT2D eigenvalue weighted by molar-refractivity contribution is 6.30. The maximum absolute atomic E-state index is 14.5. The number of hydrogen-bond donors (Lipinski definition) is 2. The molecule has 2 amide bonds. The van der Waals surface area contributed by atoms with E-state index in [0.717, 1.165) is 25.0 Å². The summed E-state index contributed by atoms with van der Waals surface area (Å²) >= 11 is 5.82. The van der Waals surface area contributed by atoms with Crippen LogP contribution in [0.3, 0.4) is 0 Å². The van der Waals surface area contributed by atoms with Crippen molar-refractivity contribution in [2.75, 3.05) is 20.3 Å². The van der Waals surface area contributed by atoms with E-state index in [0.29, 0.717) is 5.75 Å². The number of halogens is 5. The van der Waals surface area contributed by atoms with Crippen molar-refractivity contribution in [3.05, 3.63) is 81.4 Å². The Morgan fingerprint density at radius 2 is 1.93 bits per heavy atom. The van der Waals surface area contributed by atoms with E-state index in [4.69, 9.17) is 31.5 Å². The third kappa shape index (κ3) is 6.38. The largest absolute Gasteiger partial charge is 0.493 e. The van der Waals surface area contributed by atoms with Crippen LogP contribution in [0.25, 0.3) is 0 Å². The van der Waals surface area contributed by atoms with Crippen molar-refractivity contribution in [1.29, 1.82) is 0 Å². The number of carbonyl (C=O) groups is 2. The van der Waals surface area contributed by atoms with Crippen molar-refractivity contribution >= 4 is 23.4 Å². The molecule has 3 aromatic rings. The third-order valence-corrected chi connectivity index (χ3v) is 7.63. The zero-order valence-electron chi connectivity index (χ0n) is 23.5. The number of carbonyl (C=O) groups excluding carboxylic acids is 2. The normalized spacial score (nSPS) is 17.9. The van der Waals surface area contributed by atoms with Crippen LogP contribution in [-0.2, 0) is 10.2 Å². The smallest absolute Gasteiger partial charge is 0.398 e. The van der Waals surface area contributed by atoms with Gasteiger partial charge in [-0.05, 0) is 68.2 Å². The molecule has 0 spiro atoms. The summed E-state index contributed by atoms with van der Waals surface area (Å²) < 4.78 is 73.7. The number of methoxy groups -OCH3 is 1. The second kappa shape index (κ2) is 11.9. The minimum atomic E-state index is -4.87. The summed E-state index contributed by atoms with van der Waals surface area (Å²) in [7, 11) is 1.39. The lowest BCUT2D eigenvalue weighted by Crippen LogP contribution is -2.40. The molecule has 2 atom stereocenters. The first kappa shape index (κ1) is 30.9. The second-order valence-electron chi connectivity index (χ2n) is 10.6. The van der Waals surface area contributed by atoms with Crippen LogP contribution in [0.5, 0.6) is 17.2 Å². The molecule has 1 fully saturated rings. The zero-order valence-corrected chi connectivity index (χ0v) is 24.2. The molecule has 1 saturated carbocycles. The van der Waals surface area contributed by atoms with Crippen LogP contribution in [-0.4, -0.2) is 49.3 Å². The lowest BCUT2D eigenvalue weighted by atomic mass is 9.82.